The summed E-state index contributed by atoms with van der Waals surface area (Å²) in [5.74, 6) is 0.655. The number of hydrogen-bond acceptors (Lipinski definition) is 4. The number of fused-ring (bicyclic) bond motifs is 4. The van der Waals surface area contributed by atoms with Crippen molar-refractivity contribution in [2.24, 2.45) is 0 Å². The summed E-state index contributed by atoms with van der Waals surface area (Å²) >= 11 is 0. The van der Waals surface area contributed by atoms with Gasteiger partial charge in [0.25, 0.3) is 6.71 Å². The first kappa shape index (κ1) is 47.6. The number of rotatable bonds is 10. The molecule has 0 fully saturated rings. The standard InChI is InChI=1S/C76H51BN4/c1-8-24-52(25-9-1)59-43-46-69(63(48-59)55-30-14-4-15-31-55)80-71-40-23-41-72-74(71)77(65-45-42-61(50-73(65)80)54-28-12-3-13-29-54)66-39-22-38-62(76-78-67(57-34-18-6-19-35-57)51-68(79-76)58-36-20-7-21-37-58)75(66)81(72)70-47-44-60(53-26-10-2-11-27-53)49-64(70)56-32-16-5-17-33-56/h1-51H. The summed E-state index contributed by atoms with van der Waals surface area (Å²) in [5.41, 5.74) is 26.4. The lowest BCUT2D eigenvalue weighted by atomic mass is 9.33. The van der Waals surface area contributed by atoms with Crippen LogP contribution in [0.25, 0.3) is 89.5 Å². The Morgan fingerprint density at radius 3 is 1.11 bits per heavy atom. The van der Waals surface area contributed by atoms with Crippen molar-refractivity contribution < 1.29 is 0 Å². The summed E-state index contributed by atoms with van der Waals surface area (Å²) in [6.07, 6.45) is 0. The van der Waals surface area contributed by atoms with Gasteiger partial charge in [-0.25, -0.2) is 9.97 Å². The van der Waals surface area contributed by atoms with E-state index < -0.39 is 0 Å². The van der Waals surface area contributed by atoms with Crippen molar-refractivity contribution >= 4 is 57.2 Å². The SMILES string of the molecule is c1ccc(-c2ccc(N3c4cc(-c5ccccc5)ccc4B4c5cccc(-c6nc(-c7ccccc7)cc(-c7ccccc7)n6)c5N(c5ccc(-c6ccccc6)cc5-c5ccccc5)c5cccc3c54)c(-c3ccccc3)c2)cc1. The van der Waals surface area contributed by atoms with E-state index in [1.165, 1.54) is 22.0 Å². The first-order chi connectivity index (χ1) is 40.2. The van der Waals surface area contributed by atoms with Crippen molar-refractivity contribution in [1.82, 2.24) is 9.97 Å². The van der Waals surface area contributed by atoms with Crippen LogP contribution in [0.5, 0.6) is 0 Å². The van der Waals surface area contributed by atoms with Crippen molar-refractivity contribution in [2.75, 3.05) is 9.80 Å². The number of nitrogens with zero attached hydrogens (tertiary/aromatic N) is 4. The van der Waals surface area contributed by atoms with Crippen molar-refractivity contribution in [3.63, 3.8) is 0 Å². The average molecular weight is 1030 g/mol. The molecule has 12 aromatic carbocycles. The highest BCUT2D eigenvalue weighted by Crippen LogP contribution is 2.51. The molecular weight excluding hydrogens is 980 g/mol. The zero-order chi connectivity index (χ0) is 53.6. The minimum absolute atomic E-state index is 0.183. The highest BCUT2D eigenvalue weighted by molar-refractivity contribution is 7.00. The van der Waals surface area contributed by atoms with Gasteiger partial charge in [0.1, 0.15) is 0 Å². The van der Waals surface area contributed by atoms with Gasteiger partial charge in [0.05, 0.1) is 28.5 Å². The Morgan fingerprint density at radius 2 is 0.630 bits per heavy atom. The molecule has 378 valence electrons. The molecule has 0 bridgehead atoms. The molecule has 5 heteroatoms. The van der Waals surface area contributed by atoms with Gasteiger partial charge in [-0.15, -0.1) is 0 Å². The predicted octanol–water partition coefficient (Wildman–Crippen LogP) is 17.9. The van der Waals surface area contributed by atoms with Gasteiger partial charge in [0, 0.05) is 44.9 Å². The monoisotopic (exact) mass is 1030 g/mol. The van der Waals surface area contributed by atoms with Gasteiger partial charge >= 0.3 is 0 Å². The Balaban J connectivity index is 1.04. The second-order valence-electron chi connectivity index (χ2n) is 20.8. The van der Waals surface area contributed by atoms with Crippen molar-refractivity contribution in [3.05, 3.63) is 309 Å². The van der Waals surface area contributed by atoms with E-state index in [1.807, 2.05) is 0 Å². The van der Waals surface area contributed by atoms with Crippen LogP contribution < -0.4 is 26.2 Å². The van der Waals surface area contributed by atoms with Gasteiger partial charge in [-0.3, -0.25) is 0 Å². The Morgan fingerprint density at radius 1 is 0.235 bits per heavy atom. The molecule has 0 saturated carbocycles. The minimum atomic E-state index is -0.183. The molecule has 1 aromatic heterocycles. The number of para-hydroxylation sites is 1. The summed E-state index contributed by atoms with van der Waals surface area (Å²) in [6.45, 7) is -0.183. The lowest BCUT2D eigenvalue weighted by molar-refractivity contribution is 1.17. The van der Waals surface area contributed by atoms with Crippen LogP contribution >= 0.6 is 0 Å². The molecule has 0 radical (unpaired) electrons. The van der Waals surface area contributed by atoms with E-state index in [2.05, 4.69) is 319 Å². The van der Waals surface area contributed by atoms with E-state index in [-0.39, 0.29) is 6.71 Å². The molecule has 13 aromatic rings. The van der Waals surface area contributed by atoms with Crippen LogP contribution in [0.3, 0.4) is 0 Å². The van der Waals surface area contributed by atoms with Crippen LogP contribution in [0.4, 0.5) is 34.1 Å². The summed E-state index contributed by atoms with van der Waals surface area (Å²) in [4.78, 5) is 16.2. The third kappa shape index (κ3) is 8.51. The van der Waals surface area contributed by atoms with Crippen molar-refractivity contribution in [1.29, 1.82) is 0 Å². The van der Waals surface area contributed by atoms with Crippen molar-refractivity contribution in [3.8, 4) is 89.5 Å². The third-order valence-corrected chi connectivity index (χ3v) is 16.1. The maximum atomic E-state index is 5.57. The molecule has 2 aliphatic rings. The van der Waals surface area contributed by atoms with Crippen LogP contribution in [-0.4, -0.2) is 16.7 Å². The minimum Gasteiger partial charge on any atom is -0.311 e. The maximum absolute atomic E-state index is 5.57. The van der Waals surface area contributed by atoms with Crippen molar-refractivity contribution in [2.45, 2.75) is 0 Å². The molecule has 0 unspecified atom stereocenters. The lowest BCUT2D eigenvalue weighted by Gasteiger charge is -2.45. The molecule has 15 rings (SSSR count). The first-order valence-electron chi connectivity index (χ1n) is 27.8. The van der Waals surface area contributed by atoms with Gasteiger partial charge in [0.2, 0.25) is 0 Å². The highest BCUT2D eigenvalue weighted by Gasteiger charge is 2.45. The molecule has 4 nitrogen and oxygen atoms in total. The Labute approximate surface area is 473 Å². The third-order valence-electron chi connectivity index (χ3n) is 16.1. The Hall–Kier alpha value is -10.6. The van der Waals surface area contributed by atoms with Crippen LogP contribution in [-0.2, 0) is 0 Å². The maximum Gasteiger partial charge on any atom is 0.252 e. The van der Waals surface area contributed by atoms with E-state index in [4.69, 9.17) is 9.97 Å². The first-order valence-corrected chi connectivity index (χ1v) is 27.8. The molecule has 2 aliphatic heterocycles. The molecule has 3 heterocycles. The highest BCUT2D eigenvalue weighted by atomic mass is 15.2. The van der Waals surface area contributed by atoms with E-state index in [0.717, 1.165) is 112 Å². The zero-order valence-corrected chi connectivity index (χ0v) is 44.3. The topological polar surface area (TPSA) is 32.3 Å². The fourth-order valence-electron chi connectivity index (χ4n) is 12.3. The molecule has 0 amide bonds. The van der Waals surface area contributed by atoms with Gasteiger partial charge in [-0.05, 0) is 115 Å². The smallest absolute Gasteiger partial charge is 0.252 e. The average Bonchev–Trinajstić information content (AvgIpc) is 3.73. The second-order valence-corrected chi connectivity index (χ2v) is 20.8. The number of hydrogen-bond donors (Lipinski definition) is 0. The van der Waals surface area contributed by atoms with Crippen LogP contribution in [0, 0.1) is 0 Å². The molecular formula is C76H51BN4. The lowest BCUT2D eigenvalue weighted by Crippen LogP contribution is -2.61. The fraction of sp³-hybridized carbons (Fsp3) is 0. The quantitative estimate of drug-likeness (QED) is 0.128. The van der Waals surface area contributed by atoms with Crippen LogP contribution in [0.15, 0.2) is 309 Å². The van der Waals surface area contributed by atoms with Gasteiger partial charge < -0.3 is 9.80 Å². The number of anilines is 6. The molecule has 0 saturated heterocycles. The van der Waals surface area contributed by atoms with Crippen LogP contribution in [0.1, 0.15) is 0 Å². The molecule has 0 aliphatic carbocycles. The summed E-state index contributed by atoms with van der Waals surface area (Å²) < 4.78 is 0. The summed E-state index contributed by atoms with van der Waals surface area (Å²) in [7, 11) is 0. The molecule has 81 heavy (non-hydrogen) atoms. The van der Waals surface area contributed by atoms with Gasteiger partial charge in [-0.2, -0.15) is 0 Å². The molecule has 0 atom stereocenters. The second kappa shape index (κ2) is 20.3. The van der Waals surface area contributed by atoms with E-state index >= 15 is 0 Å². The molecule has 0 spiro atoms. The normalized spacial score (nSPS) is 12.1. The summed E-state index contributed by atoms with van der Waals surface area (Å²) in [5, 5.41) is 0. The fourth-order valence-corrected chi connectivity index (χ4v) is 12.3. The Bertz CT molecular complexity index is 4390. The van der Waals surface area contributed by atoms with E-state index in [0.29, 0.717) is 5.82 Å². The number of benzene rings is 12. The van der Waals surface area contributed by atoms with Gasteiger partial charge in [-0.1, -0.05) is 255 Å². The van der Waals surface area contributed by atoms with E-state index in [9.17, 15) is 0 Å². The summed E-state index contributed by atoms with van der Waals surface area (Å²) in [6, 6.07) is 112. The largest absolute Gasteiger partial charge is 0.311 e. The zero-order valence-electron chi connectivity index (χ0n) is 44.3. The molecule has 0 N–H and O–H groups in total. The predicted molar refractivity (Wildman–Crippen MR) is 340 cm³/mol. The Kier molecular flexibility index (Phi) is 11.9. The van der Waals surface area contributed by atoms with E-state index in [1.54, 1.807) is 0 Å². The van der Waals surface area contributed by atoms with Crippen LogP contribution in [0.2, 0.25) is 0 Å². The number of aromatic nitrogens is 2. The van der Waals surface area contributed by atoms with Gasteiger partial charge in [0.15, 0.2) is 5.82 Å².